The highest BCUT2D eigenvalue weighted by molar-refractivity contribution is 7.98. The molecule has 112 valence electrons. The number of rotatable bonds is 6. The Hall–Kier alpha value is -1.45. The summed E-state index contributed by atoms with van der Waals surface area (Å²) in [6, 6.07) is 16.4. The summed E-state index contributed by atoms with van der Waals surface area (Å²) in [5.74, 6) is 0.516. The Kier molecular flexibility index (Phi) is 5.71. The number of aliphatic hydroxyl groups is 1. The van der Waals surface area contributed by atoms with Gasteiger partial charge in [-0.25, -0.2) is 0 Å². The SMILES string of the molecule is CSc1ccccc1NCC(O)c1ccc(C(C)C)cc1. The fourth-order valence-electron chi connectivity index (χ4n) is 2.22. The van der Waals surface area contributed by atoms with Crippen LogP contribution >= 0.6 is 11.8 Å². The van der Waals surface area contributed by atoms with E-state index in [-0.39, 0.29) is 0 Å². The largest absolute Gasteiger partial charge is 0.387 e. The van der Waals surface area contributed by atoms with Crippen LogP contribution in [0.1, 0.15) is 37.0 Å². The molecule has 2 aromatic carbocycles. The van der Waals surface area contributed by atoms with Crippen molar-refractivity contribution in [3.05, 3.63) is 59.7 Å². The molecule has 0 heterocycles. The Morgan fingerprint density at radius 3 is 2.24 bits per heavy atom. The predicted octanol–water partition coefficient (Wildman–Crippen LogP) is 4.68. The van der Waals surface area contributed by atoms with Crippen molar-refractivity contribution in [3.8, 4) is 0 Å². The topological polar surface area (TPSA) is 32.3 Å². The molecule has 2 N–H and O–H groups in total. The third-order valence-corrected chi connectivity index (χ3v) is 4.38. The maximum atomic E-state index is 10.3. The smallest absolute Gasteiger partial charge is 0.0962 e. The van der Waals surface area contributed by atoms with Gasteiger partial charge in [-0.3, -0.25) is 0 Å². The quantitative estimate of drug-likeness (QED) is 0.760. The monoisotopic (exact) mass is 301 g/mol. The maximum absolute atomic E-state index is 10.3. The van der Waals surface area contributed by atoms with E-state index < -0.39 is 6.10 Å². The van der Waals surface area contributed by atoms with Crippen molar-refractivity contribution in [3.63, 3.8) is 0 Å². The Morgan fingerprint density at radius 1 is 1.00 bits per heavy atom. The van der Waals surface area contributed by atoms with Gasteiger partial charge in [0.2, 0.25) is 0 Å². The van der Waals surface area contributed by atoms with Gasteiger partial charge in [0.25, 0.3) is 0 Å². The minimum atomic E-state index is -0.499. The summed E-state index contributed by atoms with van der Waals surface area (Å²) in [6.45, 7) is 4.86. The van der Waals surface area contributed by atoms with Crippen molar-refractivity contribution in [1.29, 1.82) is 0 Å². The summed E-state index contributed by atoms with van der Waals surface area (Å²) in [4.78, 5) is 1.19. The van der Waals surface area contributed by atoms with Crippen LogP contribution in [-0.4, -0.2) is 17.9 Å². The molecule has 0 radical (unpaired) electrons. The van der Waals surface area contributed by atoms with Crippen molar-refractivity contribution in [2.24, 2.45) is 0 Å². The molecule has 3 heteroatoms. The Labute approximate surface area is 131 Å². The second-order valence-corrected chi connectivity index (χ2v) is 6.27. The number of hydrogen-bond donors (Lipinski definition) is 2. The maximum Gasteiger partial charge on any atom is 0.0962 e. The van der Waals surface area contributed by atoms with Gasteiger partial charge in [-0.15, -0.1) is 11.8 Å². The molecule has 2 rings (SSSR count). The number of anilines is 1. The van der Waals surface area contributed by atoms with Crippen LogP contribution in [0.25, 0.3) is 0 Å². The number of para-hydroxylation sites is 1. The molecule has 0 saturated heterocycles. The molecule has 2 aromatic rings. The highest BCUT2D eigenvalue weighted by atomic mass is 32.2. The van der Waals surface area contributed by atoms with Crippen LogP contribution < -0.4 is 5.32 Å². The molecule has 0 aromatic heterocycles. The molecule has 0 bridgehead atoms. The predicted molar refractivity (Wildman–Crippen MR) is 92.2 cm³/mol. The fourth-order valence-corrected chi connectivity index (χ4v) is 2.79. The van der Waals surface area contributed by atoms with Gasteiger partial charge in [0, 0.05) is 17.1 Å². The zero-order valence-corrected chi connectivity index (χ0v) is 13.7. The van der Waals surface area contributed by atoms with Crippen LogP contribution in [-0.2, 0) is 0 Å². The molecule has 1 unspecified atom stereocenters. The zero-order chi connectivity index (χ0) is 15.2. The van der Waals surface area contributed by atoms with E-state index in [1.807, 2.05) is 30.3 Å². The lowest BCUT2D eigenvalue weighted by molar-refractivity contribution is 0.191. The zero-order valence-electron chi connectivity index (χ0n) is 12.8. The Bertz CT molecular complexity index is 566. The molecule has 0 spiro atoms. The van der Waals surface area contributed by atoms with Crippen molar-refractivity contribution in [2.75, 3.05) is 18.1 Å². The third-order valence-electron chi connectivity index (χ3n) is 3.58. The number of thioether (sulfide) groups is 1. The standard InChI is InChI=1S/C18H23NOS/c1-13(2)14-8-10-15(11-9-14)17(20)12-19-16-6-4-5-7-18(16)21-3/h4-11,13,17,19-20H,12H2,1-3H3. The van der Waals surface area contributed by atoms with Gasteiger partial charge >= 0.3 is 0 Å². The first kappa shape index (κ1) is 15.9. The van der Waals surface area contributed by atoms with Gasteiger partial charge in [0.1, 0.15) is 0 Å². The van der Waals surface area contributed by atoms with E-state index >= 15 is 0 Å². The summed E-state index contributed by atoms with van der Waals surface area (Å²) >= 11 is 1.70. The summed E-state index contributed by atoms with van der Waals surface area (Å²) < 4.78 is 0. The molecule has 0 fully saturated rings. The molecule has 0 aliphatic carbocycles. The Balaban J connectivity index is 1.99. The van der Waals surface area contributed by atoms with Crippen LogP contribution in [0.15, 0.2) is 53.4 Å². The second kappa shape index (κ2) is 7.53. The number of hydrogen-bond acceptors (Lipinski definition) is 3. The number of nitrogens with one attached hydrogen (secondary N) is 1. The van der Waals surface area contributed by atoms with Gasteiger partial charge in [-0.05, 0) is 35.4 Å². The summed E-state index contributed by atoms with van der Waals surface area (Å²) in [5.41, 5.74) is 3.32. The second-order valence-electron chi connectivity index (χ2n) is 5.42. The van der Waals surface area contributed by atoms with Crippen LogP contribution in [0.3, 0.4) is 0 Å². The van der Waals surface area contributed by atoms with Gasteiger partial charge in [-0.1, -0.05) is 50.2 Å². The van der Waals surface area contributed by atoms with Crippen molar-refractivity contribution in [1.82, 2.24) is 0 Å². The number of aliphatic hydroxyl groups excluding tert-OH is 1. The van der Waals surface area contributed by atoms with Gasteiger partial charge in [-0.2, -0.15) is 0 Å². The first-order valence-electron chi connectivity index (χ1n) is 7.26. The fraction of sp³-hybridized carbons (Fsp3) is 0.333. The lowest BCUT2D eigenvalue weighted by Crippen LogP contribution is -2.12. The van der Waals surface area contributed by atoms with Gasteiger partial charge < -0.3 is 10.4 Å². The molecule has 0 aliphatic rings. The van der Waals surface area contributed by atoms with E-state index in [0.717, 1.165) is 11.3 Å². The third kappa shape index (κ3) is 4.26. The van der Waals surface area contributed by atoms with Gasteiger partial charge in [0.15, 0.2) is 0 Å². The van der Waals surface area contributed by atoms with Crippen molar-refractivity contribution >= 4 is 17.4 Å². The molecule has 0 aliphatic heterocycles. The molecule has 0 amide bonds. The molecule has 2 nitrogen and oxygen atoms in total. The van der Waals surface area contributed by atoms with E-state index in [4.69, 9.17) is 0 Å². The highest BCUT2D eigenvalue weighted by Gasteiger charge is 2.09. The lowest BCUT2D eigenvalue weighted by atomic mass is 10.00. The van der Waals surface area contributed by atoms with E-state index in [2.05, 4.69) is 43.6 Å². The minimum Gasteiger partial charge on any atom is -0.387 e. The molecule has 1 atom stereocenters. The first-order chi connectivity index (χ1) is 10.1. The lowest BCUT2D eigenvalue weighted by Gasteiger charge is -2.16. The van der Waals surface area contributed by atoms with E-state index in [9.17, 15) is 5.11 Å². The first-order valence-corrected chi connectivity index (χ1v) is 8.49. The van der Waals surface area contributed by atoms with Crippen LogP contribution in [0, 0.1) is 0 Å². The highest BCUT2D eigenvalue weighted by Crippen LogP contribution is 2.25. The van der Waals surface area contributed by atoms with Crippen molar-refractivity contribution in [2.45, 2.75) is 30.8 Å². The minimum absolute atomic E-state index is 0.499. The van der Waals surface area contributed by atoms with E-state index in [1.54, 1.807) is 11.8 Å². The van der Waals surface area contributed by atoms with Crippen LogP contribution in [0.5, 0.6) is 0 Å². The average Bonchev–Trinajstić information content (AvgIpc) is 2.52. The molecular formula is C18H23NOS. The van der Waals surface area contributed by atoms with Crippen LogP contribution in [0.2, 0.25) is 0 Å². The Morgan fingerprint density at radius 2 is 1.62 bits per heavy atom. The van der Waals surface area contributed by atoms with Crippen LogP contribution in [0.4, 0.5) is 5.69 Å². The van der Waals surface area contributed by atoms with Gasteiger partial charge in [0.05, 0.1) is 6.10 Å². The summed E-state index contributed by atoms with van der Waals surface area (Å²) in [5, 5.41) is 13.6. The van der Waals surface area contributed by atoms with E-state index in [0.29, 0.717) is 12.5 Å². The molecule has 0 saturated carbocycles. The summed E-state index contributed by atoms with van der Waals surface area (Å²) in [6.07, 6.45) is 1.56. The molecular weight excluding hydrogens is 278 g/mol. The molecule has 21 heavy (non-hydrogen) atoms. The van der Waals surface area contributed by atoms with Crippen molar-refractivity contribution < 1.29 is 5.11 Å². The van der Waals surface area contributed by atoms with E-state index in [1.165, 1.54) is 10.5 Å². The average molecular weight is 301 g/mol. The normalized spacial score (nSPS) is 12.4. The number of benzene rings is 2. The summed E-state index contributed by atoms with van der Waals surface area (Å²) in [7, 11) is 0.